The van der Waals surface area contributed by atoms with Crippen LogP contribution in [-0.4, -0.2) is 33.6 Å². The van der Waals surface area contributed by atoms with Gasteiger partial charge in [0.15, 0.2) is 10.9 Å². The summed E-state index contributed by atoms with van der Waals surface area (Å²) in [5.41, 5.74) is 3.63. The number of nitrogens with zero attached hydrogens (tertiary/aromatic N) is 3. The Hall–Kier alpha value is -3.82. The zero-order chi connectivity index (χ0) is 25.4. The molecule has 0 spiro atoms. The Morgan fingerprint density at radius 2 is 1.92 bits per heavy atom. The van der Waals surface area contributed by atoms with E-state index in [1.165, 1.54) is 22.3 Å². The number of aryl methyl sites for hydroxylation is 2. The van der Waals surface area contributed by atoms with Gasteiger partial charge in [0.05, 0.1) is 27.5 Å². The molecule has 0 saturated carbocycles. The van der Waals surface area contributed by atoms with Crippen LogP contribution in [0.15, 0.2) is 66.9 Å². The minimum atomic E-state index is -0.661. The third-order valence-corrected chi connectivity index (χ3v) is 8.15. The highest BCUT2D eigenvalue weighted by Gasteiger charge is 2.45. The van der Waals surface area contributed by atoms with E-state index in [0.29, 0.717) is 26.3 Å². The van der Waals surface area contributed by atoms with Crippen molar-refractivity contribution in [2.75, 3.05) is 11.5 Å². The maximum absolute atomic E-state index is 13.5. The third-order valence-electron chi connectivity index (χ3n) is 5.95. The number of para-hydroxylation sites is 1. The van der Waals surface area contributed by atoms with Crippen molar-refractivity contribution in [3.8, 4) is 0 Å². The van der Waals surface area contributed by atoms with E-state index in [4.69, 9.17) is 9.72 Å². The van der Waals surface area contributed by atoms with Crippen LogP contribution in [0, 0.1) is 6.92 Å². The second-order valence-corrected chi connectivity index (χ2v) is 10.2. The molecule has 0 bridgehead atoms. The number of hydrogen-bond donors (Lipinski definition) is 1. The standard InChI is InChI=1S/C27H23N3O4S2/c1-4-14-34-26(33)23-15(3)28-27(36-23)30-21(17-12-10-16(5-2)11-13-17)20(22(31)25(30)32)24-29-18-8-6-7-9-19(18)35-24/h4,6-13,21,31H,1,5,14H2,2-3H3/t21-/m0/s1. The lowest BCUT2D eigenvalue weighted by Crippen LogP contribution is -2.30. The normalized spacial score (nSPS) is 15.7. The number of anilines is 1. The van der Waals surface area contributed by atoms with Gasteiger partial charge in [-0.3, -0.25) is 9.69 Å². The summed E-state index contributed by atoms with van der Waals surface area (Å²) in [7, 11) is 0. The van der Waals surface area contributed by atoms with Crippen LogP contribution >= 0.6 is 22.7 Å². The molecule has 0 aliphatic carbocycles. The SMILES string of the molecule is C=CCOC(=O)c1sc(N2C(=O)C(O)=C(c3nc4ccccc4s3)[C@@H]2c2ccc(CC)cc2)nc1C. The van der Waals surface area contributed by atoms with E-state index in [0.717, 1.165) is 39.1 Å². The number of thiazole rings is 2. The summed E-state index contributed by atoms with van der Waals surface area (Å²) < 4.78 is 6.14. The number of aliphatic hydroxyl groups is 1. The predicted molar refractivity (Wildman–Crippen MR) is 143 cm³/mol. The van der Waals surface area contributed by atoms with Crippen molar-refractivity contribution in [3.05, 3.63) is 93.7 Å². The van der Waals surface area contributed by atoms with E-state index < -0.39 is 17.9 Å². The average Bonchev–Trinajstić information content (AvgIpc) is 3.56. The summed E-state index contributed by atoms with van der Waals surface area (Å²) in [4.78, 5) is 37.0. The van der Waals surface area contributed by atoms with Crippen LogP contribution in [0.5, 0.6) is 0 Å². The number of carbonyl (C=O) groups is 2. The molecule has 1 N–H and O–H groups in total. The zero-order valence-corrected chi connectivity index (χ0v) is 21.4. The van der Waals surface area contributed by atoms with Gasteiger partial charge in [0, 0.05) is 0 Å². The van der Waals surface area contributed by atoms with Crippen LogP contribution in [0.1, 0.15) is 44.5 Å². The van der Waals surface area contributed by atoms with Gasteiger partial charge in [0.25, 0.3) is 5.91 Å². The molecule has 0 saturated heterocycles. The molecule has 1 aliphatic rings. The van der Waals surface area contributed by atoms with Gasteiger partial charge in [-0.15, -0.1) is 11.3 Å². The number of carbonyl (C=O) groups excluding carboxylic acids is 2. The average molecular weight is 518 g/mol. The van der Waals surface area contributed by atoms with Crippen LogP contribution in [-0.2, 0) is 16.0 Å². The molecule has 1 aliphatic heterocycles. The Labute approximate surface area is 216 Å². The van der Waals surface area contributed by atoms with E-state index in [9.17, 15) is 14.7 Å². The fourth-order valence-corrected chi connectivity index (χ4v) is 6.16. The molecule has 4 aromatic rings. The Morgan fingerprint density at radius 1 is 1.17 bits per heavy atom. The fourth-order valence-electron chi connectivity index (χ4n) is 4.13. The monoisotopic (exact) mass is 517 g/mol. The number of benzene rings is 2. The topological polar surface area (TPSA) is 92.6 Å². The molecule has 0 fully saturated rings. The first-order chi connectivity index (χ1) is 17.4. The molecule has 1 amide bonds. The van der Waals surface area contributed by atoms with Crippen molar-refractivity contribution in [2.45, 2.75) is 26.3 Å². The second-order valence-electron chi connectivity index (χ2n) is 8.22. The van der Waals surface area contributed by atoms with Gasteiger partial charge in [0.2, 0.25) is 0 Å². The Kier molecular flexibility index (Phi) is 6.42. The van der Waals surface area contributed by atoms with Gasteiger partial charge in [-0.2, -0.15) is 0 Å². The zero-order valence-electron chi connectivity index (χ0n) is 19.7. The first kappa shape index (κ1) is 23.9. The molecule has 36 heavy (non-hydrogen) atoms. The lowest BCUT2D eigenvalue weighted by atomic mass is 9.98. The van der Waals surface area contributed by atoms with Crippen molar-refractivity contribution in [2.24, 2.45) is 0 Å². The van der Waals surface area contributed by atoms with Gasteiger partial charge in [-0.25, -0.2) is 14.8 Å². The van der Waals surface area contributed by atoms with E-state index in [1.54, 1.807) is 6.92 Å². The number of rotatable bonds is 7. The quantitative estimate of drug-likeness (QED) is 0.238. The molecule has 9 heteroatoms. The Morgan fingerprint density at radius 3 is 2.61 bits per heavy atom. The number of amides is 1. The summed E-state index contributed by atoms with van der Waals surface area (Å²) in [6.45, 7) is 7.40. The molecular weight excluding hydrogens is 494 g/mol. The molecule has 2 aromatic heterocycles. The highest BCUT2D eigenvalue weighted by Crippen LogP contribution is 2.48. The fraction of sp³-hybridized carbons (Fsp3) is 0.185. The number of ether oxygens (including phenoxy) is 1. The van der Waals surface area contributed by atoms with Crippen LogP contribution in [0.4, 0.5) is 5.13 Å². The van der Waals surface area contributed by atoms with Crippen LogP contribution < -0.4 is 4.90 Å². The van der Waals surface area contributed by atoms with E-state index in [2.05, 4.69) is 18.5 Å². The van der Waals surface area contributed by atoms with Crippen molar-refractivity contribution in [1.29, 1.82) is 0 Å². The molecule has 0 radical (unpaired) electrons. The molecule has 1 atom stereocenters. The van der Waals surface area contributed by atoms with Crippen molar-refractivity contribution in [1.82, 2.24) is 9.97 Å². The minimum Gasteiger partial charge on any atom is -0.503 e. The molecule has 2 aromatic carbocycles. The number of aliphatic hydroxyl groups excluding tert-OH is 1. The summed E-state index contributed by atoms with van der Waals surface area (Å²) >= 11 is 2.48. The predicted octanol–water partition coefficient (Wildman–Crippen LogP) is 6.02. The van der Waals surface area contributed by atoms with Gasteiger partial charge in [0.1, 0.15) is 16.5 Å². The number of aromatic nitrogens is 2. The number of fused-ring (bicyclic) bond motifs is 1. The van der Waals surface area contributed by atoms with Crippen LogP contribution in [0.3, 0.4) is 0 Å². The van der Waals surface area contributed by atoms with Gasteiger partial charge >= 0.3 is 5.97 Å². The van der Waals surface area contributed by atoms with E-state index in [1.807, 2.05) is 48.5 Å². The summed E-state index contributed by atoms with van der Waals surface area (Å²) in [6, 6.07) is 15.0. The molecule has 3 heterocycles. The molecule has 7 nitrogen and oxygen atoms in total. The summed E-state index contributed by atoms with van der Waals surface area (Å²) in [5.74, 6) is -1.49. The Bertz CT molecular complexity index is 1480. The maximum Gasteiger partial charge on any atom is 0.350 e. The summed E-state index contributed by atoms with van der Waals surface area (Å²) in [5, 5.41) is 12.0. The molecule has 5 rings (SSSR count). The Balaban J connectivity index is 1.64. The third kappa shape index (κ3) is 4.10. The van der Waals surface area contributed by atoms with Crippen molar-refractivity contribution >= 4 is 55.5 Å². The summed E-state index contributed by atoms with van der Waals surface area (Å²) in [6.07, 6.45) is 2.36. The van der Waals surface area contributed by atoms with Crippen LogP contribution in [0.2, 0.25) is 0 Å². The van der Waals surface area contributed by atoms with Crippen molar-refractivity contribution < 1.29 is 19.4 Å². The second kappa shape index (κ2) is 9.67. The lowest BCUT2D eigenvalue weighted by Gasteiger charge is -2.24. The molecular formula is C27H23N3O4S2. The van der Waals surface area contributed by atoms with Gasteiger partial charge in [-0.05, 0) is 36.6 Å². The highest BCUT2D eigenvalue weighted by atomic mass is 32.1. The first-order valence-electron chi connectivity index (χ1n) is 11.4. The van der Waals surface area contributed by atoms with Crippen LogP contribution in [0.25, 0.3) is 15.8 Å². The number of hydrogen-bond acceptors (Lipinski definition) is 8. The number of esters is 1. The van der Waals surface area contributed by atoms with E-state index in [-0.39, 0.29) is 12.4 Å². The molecule has 182 valence electrons. The largest absolute Gasteiger partial charge is 0.503 e. The molecule has 0 unspecified atom stereocenters. The highest BCUT2D eigenvalue weighted by molar-refractivity contribution is 7.19. The van der Waals surface area contributed by atoms with Gasteiger partial charge in [-0.1, -0.05) is 67.3 Å². The maximum atomic E-state index is 13.5. The first-order valence-corrected chi connectivity index (χ1v) is 13.0. The smallest absolute Gasteiger partial charge is 0.350 e. The lowest BCUT2D eigenvalue weighted by molar-refractivity contribution is -0.117. The van der Waals surface area contributed by atoms with E-state index >= 15 is 0 Å². The minimum absolute atomic E-state index is 0.0741. The van der Waals surface area contributed by atoms with Gasteiger partial charge < -0.3 is 9.84 Å². The van der Waals surface area contributed by atoms with Crippen molar-refractivity contribution in [3.63, 3.8) is 0 Å².